The predicted molar refractivity (Wildman–Crippen MR) is 132 cm³/mol. The molecule has 1 atom stereocenters. The molecule has 0 spiro atoms. The molecule has 1 aromatic carbocycles. The number of nitrogen functional groups attached to an aromatic ring is 1. The second-order valence-electron chi connectivity index (χ2n) is 7.21. The Labute approximate surface area is 210 Å². The van der Waals surface area contributed by atoms with E-state index in [1.165, 1.54) is 4.57 Å². The monoisotopic (exact) mass is 518 g/mol. The first-order chi connectivity index (χ1) is 16.8. The van der Waals surface area contributed by atoms with Crippen molar-refractivity contribution in [2.45, 2.75) is 45.0 Å². The minimum Gasteiger partial charge on any atom is -0.465 e. The van der Waals surface area contributed by atoms with Crippen LogP contribution in [0.3, 0.4) is 0 Å². The number of nitrogens with zero attached hydrogens (tertiary/aromatic N) is 4. The molecule has 0 fully saturated rings. The number of ether oxygens (including phenoxy) is 2. The zero-order chi connectivity index (χ0) is 25.4. The topological polar surface area (TPSA) is 151 Å². The van der Waals surface area contributed by atoms with Crippen molar-refractivity contribution >= 4 is 52.0 Å². The maximum atomic E-state index is 13.1. The Morgan fingerprint density at radius 3 is 2.60 bits per heavy atom. The zero-order valence-corrected chi connectivity index (χ0v) is 21.1. The van der Waals surface area contributed by atoms with Gasteiger partial charge in [0.25, 0.3) is 0 Å². The van der Waals surface area contributed by atoms with Crippen LogP contribution in [-0.2, 0) is 25.7 Å². The number of anilines is 2. The second-order valence-corrected chi connectivity index (χ2v) is 9.15. The lowest BCUT2D eigenvalue weighted by molar-refractivity contribution is -0.139. The van der Waals surface area contributed by atoms with Crippen molar-refractivity contribution in [3.63, 3.8) is 0 Å². The number of esters is 2. The van der Waals surface area contributed by atoms with Crippen LogP contribution < -0.4 is 11.1 Å². The molecule has 2 heterocycles. The van der Waals surface area contributed by atoms with Gasteiger partial charge in [-0.15, -0.1) is 10.2 Å². The van der Waals surface area contributed by atoms with E-state index in [-0.39, 0.29) is 30.0 Å². The predicted octanol–water partition coefficient (Wildman–Crippen LogP) is 3.23. The summed E-state index contributed by atoms with van der Waals surface area (Å²) in [5.74, 6) is -1.29. The molecular formula is C22H26N6O5S2. The number of hydrogen-bond donors (Lipinski definition) is 2. The van der Waals surface area contributed by atoms with Gasteiger partial charge in [0.15, 0.2) is 10.3 Å². The second kappa shape index (κ2) is 12.3. The molecule has 13 heteroatoms. The summed E-state index contributed by atoms with van der Waals surface area (Å²) in [4.78, 5) is 41.9. The summed E-state index contributed by atoms with van der Waals surface area (Å²) in [7, 11) is 0. The first-order valence-corrected chi connectivity index (χ1v) is 12.6. The number of aryl methyl sites for hydroxylation is 1. The fourth-order valence-electron chi connectivity index (χ4n) is 3.11. The third kappa shape index (κ3) is 6.79. The van der Waals surface area contributed by atoms with E-state index in [1.807, 2.05) is 37.3 Å². The van der Waals surface area contributed by atoms with Gasteiger partial charge in [0, 0.05) is 0 Å². The number of thiazole rings is 1. The Kier molecular flexibility index (Phi) is 9.20. The van der Waals surface area contributed by atoms with Gasteiger partial charge >= 0.3 is 11.9 Å². The number of thioether (sulfide) groups is 1. The fraction of sp³-hybridized carbons (Fsp3) is 0.364. The van der Waals surface area contributed by atoms with E-state index in [0.717, 1.165) is 28.7 Å². The van der Waals surface area contributed by atoms with E-state index in [0.29, 0.717) is 22.1 Å². The first kappa shape index (κ1) is 26.2. The number of nitrogens with two attached hydrogens (primary N) is 1. The van der Waals surface area contributed by atoms with Gasteiger partial charge in [-0.05, 0) is 25.8 Å². The Balaban J connectivity index is 1.68. The van der Waals surface area contributed by atoms with Crippen LogP contribution in [0, 0.1) is 6.92 Å². The number of aromatic nitrogens is 4. The Morgan fingerprint density at radius 2 is 1.91 bits per heavy atom. The molecule has 1 amide bonds. The molecule has 0 bridgehead atoms. The lowest BCUT2D eigenvalue weighted by atomic mass is 10.2. The average Bonchev–Trinajstić information content (AvgIpc) is 3.39. The summed E-state index contributed by atoms with van der Waals surface area (Å²) in [5.41, 5.74) is 7.29. The summed E-state index contributed by atoms with van der Waals surface area (Å²) in [6, 6.07) is 8.57. The van der Waals surface area contributed by atoms with Crippen molar-refractivity contribution < 1.29 is 23.9 Å². The minimum absolute atomic E-state index is 0.00412. The average molecular weight is 519 g/mol. The summed E-state index contributed by atoms with van der Waals surface area (Å²) < 4.78 is 11.8. The first-order valence-electron chi connectivity index (χ1n) is 10.8. The molecule has 1 unspecified atom stereocenters. The molecule has 0 saturated heterocycles. The van der Waals surface area contributed by atoms with Gasteiger partial charge in [-0.1, -0.05) is 60.4 Å². The van der Waals surface area contributed by atoms with Gasteiger partial charge < -0.3 is 20.5 Å². The molecule has 0 saturated carbocycles. The van der Waals surface area contributed by atoms with Crippen LogP contribution in [0.4, 0.5) is 11.1 Å². The Morgan fingerprint density at radius 1 is 1.17 bits per heavy atom. The highest BCUT2D eigenvalue weighted by Gasteiger charge is 2.27. The number of carbonyl (C=O) groups is 3. The van der Waals surface area contributed by atoms with Gasteiger partial charge in [-0.25, -0.2) is 9.78 Å². The molecule has 0 aliphatic carbocycles. The molecule has 3 N–H and O–H groups in total. The summed E-state index contributed by atoms with van der Waals surface area (Å²) in [6.45, 7) is 5.60. The van der Waals surface area contributed by atoms with E-state index in [9.17, 15) is 14.4 Å². The number of nitrogens with one attached hydrogen (secondary N) is 1. The van der Waals surface area contributed by atoms with Crippen LogP contribution in [0.1, 0.15) is 47.2 Å². The standard InChI is InChI=1S/C22H26N6O5S2/c1-4-15(28-20(23)26-27-22(28)34-12-16(29)32-5-2)18(30)25-21-24-13(3)17(35-21)19(31)33-11-14-9-7-6-8-10-14/h6-10,15H,4-5,11-12H2,1-3H3,(H2,23,26)(H,24,25,30). The van der Waals surface area contributed by atoms with Crippen LogP contribution in [0.5, 0.6) is 0 Å². The Bertz CT molecular complexity index is 1180. The SMILES string of the molecule is CCOC(=O)CSc1nnc(N)n1C(CC)C(=O)Nc1nc(C)c(C(=O)OCc2ccccc2)s1. The molecule has 186 valence electrons. The maximum Gasteiger partial charge on any atom is 0.350 e. The number of carbonyl (C=O) groups excluding carboxylic acids is 3. The van der Waals surface area contributed by atoms with Crippen LogP contribution >= 0.6 is 23.1 Å². The van der Waals surface area contributed by atoms with Gasteiger partial charge in [0.1, 0.15) is 17.5 Å². The number of rotatable bonds is 11. The van der Waals surface area contributed by atoms with Crippen molar-refractivity contribution in [1.29, 1.82) is 0 Å². The van der Waals surface area contributed by atoms with Crippen molar-refractivity contribution in [2.24, 2.45) is 0 Å². The van der Waals surface area contributed by atoms with Gasteiger partial charge in [0.2, 0.25) is 11.9 Å². The number of amides is 1. The molecule has 3 rings (SSSR count). The van der Waals surface area contributed by atoms with Crippen LogP contribution in [0.2, 0.25) is 0 Å². The normalized spacial score (nSPS) is 11.6. The molecular weight excluding hydrogens is 492 g/mol. The summed E-state index contributed by atoms with van der Waals surface area (Å²) >= 11 is 2.11. The van der Waals surface area contributed by atoms with Crippen molar-refractivity contribution in [1.82, 2.24) is 19.7 Å². The quantitative estimate of drug-likeness (QED) is 0.286. The van der Waals surface area contributed by atoms with E-state index < -0.39 is 23.9 Å². The minimum atomic E-state index is -0.757. The highest BCUT2D eigenvalue weighted by Crippen LogP contribution is 2.28. The molecule has 3 aromatic rings. The van der Waals surface area contributed by atoms with Gasteiger partial charge in [-0.3, -0.25) is 14.2 Å². The van der Waals surface area contributed by atoms with Crippen LogP contribution in [0.15, 0.2) is 35.5 Å². The van der Waals surface area contributed by atoms with Gasteiger partial charge in [0.05, 0.1) is 18.1 Å². The van der Waals surface area contributed by atoms with Crippen LogP contribution in [0.25, 0.3) is 0 Å². The molecule has 2 aromatic heterocycles. The third-order valence-corrected chi connectivity index (χ3v) is 6.71. The van der Waals surface area contributed by atoms with Gasteiger partial charge in [-0.2, -0.15) is 0 Å². The maximum absolute atomic E-state index is 13.1. The fourth-order valence-corrected chi connectivity index (χ4v) is 4.76. The number of benzene rings is 1. The largest absolute Gasteiger partial charge is 0.465 e. The Hall–Kier alpha value is -3.45. The highest BCUT2D eigenvalue weighted by atomic mass is 32.2. The molecule has 11 nitrogen and oxygen atoms in total. The van der Waals surface area contributed by atoms with Crippen molar-refractivity contribution in [3.05, 3.63) is 46.5 Å². The molecule has 0 aliphatic heterocycles. The van der Waals surface area contributed by atoms with E-state index in [4.69, 9.17) is 15.2 Å². The third-order valence-electron chi connectivity index (χ3n) is 4.74. The highest BCUT2D eigenvalue weighted by molar-refractivity contribution is 7.99. The smallest absolute Gasteiger partial charge is 0.350 e. The zero-order valence-electron chi connectivity index (χ0n) is 19.5. The number of hydrogen-bond acceptors (Lipinski definition) is 11. The molecule has 35 heavy (non-hydrogen) atoms. The van der Waals surface area contributed by atoms with Crippen molar-refractivity contribution in [2.75, 3.05) is 23.4 Å². The van der Waals surface area contributed by atoms with Crippen molar-refractivity contribution in [3.8, 4) is 0 Å². The summed E-state index contributed by atoms with van der Waals surface area (Å²) in [5, 5.41) is 11.1. The van der Waals surface area contributed by atoms with E-state index in [2.05, 4.69) is 20.5 Å². The van der Waals surface area contributed by atoms with E-state index in [1.54, 1.807) is 13.8 Å². The van der Waals surface area contributed by atoms with Crippen LogP contribution in [-0.4, -0.2) is 50.0 Å². The molecule has 0 radical (unpaired) electrons. The summed E-state index contributed by atoms with van der Waals surface area (Å²) in [6.07, 6.45) is 0.372. The lowest BCUT2D eigenvalue weighted by Gasteiger charge is -2.18. The lowest BCUT2D eigenvalue weighted by Crippen LogP contribution is -2.27. The molecule has 0 aliphatic rings. The van der Waals surface area contributed by atoms with E-state index >= 15 is 0 Å².